The van der Waals surface area contributed by atoms with E-state index in [1.165, 1.54) is 5.56 Å². The highest BCUT2D eigenvalue weighted by Gasteiger charge is 2.30. The van der Waals surface area contributed by atoms with Crippen LogP contribution < -0.4 is 10.6 Å². The zero-order valence-corrected chi connectivity index (χ0v) is 14.3. The number of carbonyl (C=O) groups is 1. The SMILES string of the molecule is C[C@@H]1CN(Cc2ccccc2)C[C@@H]1NC(=O)NCc1ccnn1C. The van der Waals surface area contributed by atoms with Crippen LogP contribution in [0, 0.1) is 5.92 Å². The van der Waals surface area contributed by atoms with Crippen molar-refractivity contribution in [2.24, 2.45) is 13.0 Å². The summed E-state index contributed by atoms with van der Waals surface area (Å²) in [6.07, 6.45) is 1.73. The summed E-state index contributed by atoms with van der Waals surface area (Å²) in [5.41, 5.74) is 2.29. The van der Waals surface area contributed by atoms with Gasteiger partial charge in [-0.1, -0.05) is 37.3 Å². The fourth-order valence-corrected chi connectivity index (χ4v) is 3.19. The van der Waals surface area contributed by atoms with Crippen LogP contribution in [0.4, 0.5) is 4.79 Å². The zero-order chi connectivity index (χ0) is 16.9. The number of hydrogen-bond acceptors (Lipinski definition) is 3. The van der Waals surface area contributed by atoms with E-state index in [2.05, 4.69) is 51.8 Å². The second-order valence-corrected chi connectivity index (χ2v) is 6.54. The van der Waals surface area contributed by atoms with Crippen molar-refractivity contribution in [3.63, 3.8) is 0 Å². The van der Waals surface area contributed by atoms with E-state index in [1.54, 1.807) is 10.9 Å². The van der Waals surface area contributed by atoms with Crippen LogP contribution in [0.2, 0.25) is 0 Å². The molecule has 0 bridgehead atoms. The van der Waals surface area contributed by atoms with Gasteiger partial charge in [-0.2, -0.15) is 5.10 Å². The average molecular weight is 327 g/mol. The summed E-state index contributed by atoms with van der Waals surface area (Å²) in [5.74, 6) is 0.441. The summed E-state index contributed by atoms with van der Waals surface area (Å²) in [6, 6.07) is 12.4. The lowest BCUT2D eigenvalue weighted by molar-refractivity contribution is 0.234. The van der Waals surface area contributed by atoms with E-state index in [9.17, 15) is 4.79 Å². The normalized spacial score (nSPS) is 20.9. The molecule has 6 nitrogen and oxygen atoms in total. The van der Waals surface area contributed by atoms with Gasteiger partial charge in [-0.05, 0) is 17.5 Å². The number of hydrogen-bond donors (Lipinski definition) is 2. The standard InChI is InChI=1S/C18H25N5O/c1-14-11-23(12-15-6-4-3-5-7-15)13-17(14)21-18(24)19-10-16-8-9-20-22(16)2/h3-9,14,17H,10-13H2,1-2H3,(H2,19,21,24)/t14-,17+/m1/s1. The van der Waals surface area contributed by atoms with E-state index < -0.39 is 0 Å². The molecule has 1 aliphatic rings. The van der Waals surface area contributed by atoms with Crippen molar-refractivity contribution >= 4 is 6.03 Å². The molecule has 0 spiro atoms. The van der Waals surface area contributed by atoms with Crippen molar-refractivity contribution in [1.29, 1.82) is 0 Å². The lowest BCUT2D eigenvalue weighted by Crippen LogP contribution is -2.45. The number of likely N-dealkylation sites (tertiary alicyclic amines) is 1. The van der Waals surface area contributed by atoms with Gasteiger partial charge in [-0.15, -0.1) is 0 Å². The third-order valence-electron chi connectivity index (χ3n) is 4.61. The van der Waals surface area contributed by atoms with Crippen LogP contribution in [-0.4, -0.2) is 39.8 Å². The topological polar surface area (TPSA) is 62.2 Å². The summed E-state index contributed by atoms with van der Waals surface area (Å²) in [6.45, 7) is 5.49. The summed E-state index contributed by atoms with van der Waals surface area (Å²) in [4.78, 5) is 14.5. The molecule has 1 fully saturated rings. The second kappa shape index (κ2) is 7.49. The quantitative estimate of drug-likeness (QED) is 0.879. The third kappa shape index (κ3) is 4.14. The number of carbonyl (C=O) groups excluding carboxylic acids is 1. The van der Waals surface area contributed by atoms with Crippen molar-refractivity contribution < 1.29 is 4.79 Å². The lowest BCUT2D eigenvalue weighted by atomic mass is 10.1. The minimum Gasteiger partial charge on any atom is -0.334 e. The molecular formula is C18H25N5O. The molecule has 0 saturated carbocycles. The first-order valence-corrected chi connectivity index (χ1v) is 8.39. The van der Waals surface area contributed by atoms with E-state index in [1.807, 2.05) is 19.2 Å². The molecule has 1 saturated heterocycles. The first kappa shape index (κ1) is 16.5. The number of nitrogens with one attached hydrogen (secondary N) is 2. The molecule has 0 radical (unpaired) electrons. The number of urea groups is 1. The van der Waals surface area contributed by atoms with E-state index in [0.29, 0.717) is 12.5 Å². The first-order valence-electron chi connectivity index (χ1n) is 8.39. The summed E-state index contributed by atoms with van der Waals surface area (Å²) in [7, 11) is 1.87. The highest BCUT2D eigenvalue weighted by Crippen LogP contribution is 2.18. The summed E-state index contributed by atoms with van der Waals surface area (Å²) >= 11 is 0. The number of nitrogens with zero attached hydrogens (tertiary/aromatic N) is 3. The van der Waals surface area contributed by atoms with Crippen LogP contribution in [0.3, 0.4) is 0 Å². The lowest BCUT2D eigenvalue weighted by Gasteiger charge is -2.18. The van der Waals surface area contributed by atoms with Gasteiger partial charge in [0.1, 0.15) is 0 Å². The van der Waals surface area contributed by atoms with Crippen molar-refractivity contribution in [2.45, 2.75) is 26.1 Å². The number of aromatic nitrogens is 2. The maximum atomic E-state index is 12.1. The average Bonchev–Trinajstić information content (AvgIpc) is 3.12. The fourth-order valence-electron chi connectivity index (χ4n) is 3.19. The molecule has 2 aromatic rings. The Hall–Kier alpha value is -2.34. The molecule has 24 heavy (non-hydrogen) atoms. The fraction of sp³-hybridized carbons (Fsp3) is 0.444. The van der Waals surface area contributed by atoms with Gasteiger partial charge in [0, 0.05) is 38.9 Å². The molecule has 1 aromatic heterocycles. The van der Waals surface area contributed by atoms with Crippen molar-refractivity contribution in [3.8, 4) is 0 Å². The second-order valence-electron chi connectivity index (χ2n) is 6.54. The van der Waals surface area contributed by atoms with Crippen LogP contribution >= 0.6 is 0 Å². The van der Waals surface area contributed by atoms with E-state index in [4.69, 9.17) is 0 Å². The van der Waals surface area contributed by atoms with Gasteiger partial charge >= 0.3 is 6.03 Å². The van der Waals surface area contributed by atoms with Gasteiger partial charge in [-0.3, -0.25) is 9.58 Å². The van der Waals surface area contributed by atoms with Crippen molar-refractivity contribution in [2.75, 3.05) is 13.1 Å². The van der Waals surface area contributed by atoms with Gasteiger partial charge in [0.05, 0.1) is 12.2 Å². The molecule has 2 heterocycles. The molecule has 0 unspecified atom stereocenters. The molecule has 2 N–H and O–H groups in total. The smallest absolute Gasteiger partial charge is 0.315 e. The van der Waals surface area contributed by atoms with Gasteiger partial charge in [0.25, 0.3) is 0 Å². The Morgan fingerprint density at radius 3 is 2.75 bits per heavy atom. The Labute approximate surface area is 142 Å². The van der Waals surface area contributed by atoms with Gasteiger partial charge in [0.2, 0.25) is 0 Å². The largest absolute Gasteiger partial charge is 0.334 e. The Morgan fingerprint density at radius 1 is 1.25 bits per heavy atom. The van der Waals surface area contributed by atoms with Crippen LogP contribution in [-0.2, 0) is 20.1 Å². The van der Waals surface area contributed by atoms with E-state index >= 15 is 0 Å². The van der Waals surface area contributed by atoms with Gasteiger partial charge in [-0.25, -0.2) is 4.79 Å². The predicted molar refractivity (Wildman–Crippen MR) is 93.3 cm³/mol. The molecule has 2 atom stereocenters. The zero-order valence-electron chi connectivity index (χ0n) is 14.3. The Bertz CT molecular complexity index is 669. The Kier molecular flexibility index (Phi) is 5.15. The number of benzene rings is 1. The Balaban J connectivity index is 1.46. The minimum absolute atomic E-state index is 0.116. The number of rotatable bonds is 5. The third-order valence-corrected chi connectivity index (χ3v) is 4.61. The van der Waals surface area contributed by atoms with Crippen molar-refractivity contribution in [1.82, 2.24) is 25.3 Å². The van der Waals surface area contributed by atoms with E-state index in [-0.39, 0.29) is 12.1 Å². The first-order chi connectivity index (χ1) is 11.6. The summed E-state index contributed by atoms with van der Waals surface area (Å²) < 4.78 is 1.76. The maximum Gasteiger partial charge on any atom is 0.315 e. The van der Waals surface area contributed by atoms with Gasteiger partial charge in [0.15, 0.2) is 0 Å². The van der Waals surface area contributed by atoms with E-state index in [0.717, 1.165) is 25.3 Å². The minimum atomic E-state index is -0.116. The highest BCUT2D eigenvalue weighted by atomic mass is 16.2. The van der Waals surface area contributed by atoms with Crippen molar-refractivity contribution in [3.05, 3.63) is 53.9 Å². The molecule has 1 aliphatic heterocycles. The van der Waals surface area contributed by atoms with Crippen LogP contribution in [0.25, 0.3) is 0 Å². The maximum absolute atomic E-state index is 12.1. The van der Waals surface area contributed by atoms with Gasteiger partial charge < -0.3 is 10.6 Å². The van der Waals surface area contributed by atoms with Crippen LogP contribution in [0.5, 0.6) is 0 Å². The molecule has 128 valence electrons. The Morgan fingerprint density at radius 2 is 2.04 bits per heavy atom. The molecule has 6 heteroatoms. The number of amides is 2. The molecule has 3 rings (SSSR count). The summed E-state index contributed by atoms with van der Waals surface area (Å²) in [5, 5.41) is 10.1. The molecule has 0 aliphatic carbocycles. The highest BCUT2D eigenvalue weighted by molar-refractivity contribution is 5.74. The van der Waals surface area contributed by atoms with Crippen LogP contribution in [0.1, 0.15) is 18.2 Å². The molecular weight excluding hydrogens is 302 g/mol. The monoisotopic (exact) mass is 327 g/mol. The number of aryl methyl sites for hydroxylation is 1. The predicted octanol–water partition coefficient (Wildman–Crippen LogP) is 1.74. The molecule has 2 amide bonds. The van der Waals surface area contributed by atoms with Crippen LogP contribution in [0.15, 0.2) is 42.6 Å². The molecule has 1 aromatic carbocycles.